The molecule has 29 heavy (non-hydrogen) atoms. The largest absolute Gasteiger partial charge is 0.468 e. The standard InChI is InChI=1S/C22H26N2O5/c1-15(29-14-16-10-6-4-7-11-16)18-19(21(25)28-3)23-20(22(18,2)24(26)27)17-12-8-5-9-13-17/h4-13,15,18-20,23H,14H2,1-3H3/t15-,18+,19-,20+,22-/m0/s1. The highest BCUT2D eigenvalue weighted by atomic mass is 16.6. The molecule has 0 spiro atoms. The second-order valence-electron chi connectivity index (χ2n) is 7.52. The summed E-state index contributed by atoms with van der Waals surface area (Å²) in [6.45, 7) is 3.66. The van der Waals surface area contributed by atoms with E-state index in [4.69, 9.17) is 9.47 Å². The van der Waals surface area contributed by atoms with Crippen molar-refractivity contribution in [1.82, 2.24) is 5.32 Å². The maximum Gasteiger partial charge on any atom is 0.323 e. The highest BCUT2D eigenvalue weighted by Gasteiger charge is 2.65. The van der Waals surface area contributed by atoms with E-state index in [1.54, 1.807) is 13.8 Å². The molecule has 5 atom stereocenters. The van der Waals surface area contributed by atoms with E-state index in [0.717, 1.165) is 11.1 Å². The number of hydrogen-bond acceptors (Lipinski definition) is 6. The Labute approximate surface area is 170 Å². The zero-order chi connectivity index (χ0) is 21.0. The number of ether oxygens (including phenoxy) is 2. The molecule has 7 nitrogen and oxygen atoms in total. The van der Waals surface area contributed by atoms with Gasteiger partial charge >= 0.3 is 5.97 Å². The third-order valence-corrected chi connectivity index (χ3v) is 5.81. The first kappa shape index (κ1) is 21.0. The van der Waals surface area contributed by atoms with Gasteiger partial charge in [0.2, 0.25) is 5.54 Å². The van der Waals surface area contributed by atoms with Crippen LogP contribution in [-0.4, -0.2) is 35.7 Å². The number of carbonyl (C=O) groups excluding carboxylic acids is 1. The van der Waals surface area contributed by atoms with Gasteiger partial charge in [0.15, 0.2) is 0 Å². The summed E-state index contributed by atoms with van der Waals surface area (Å²) in [5, 5.41) is 15.5. The van der Waals surface area contributed by atoms with Crippen LogP contribution in [0.2, 0.25) is 0 Å². The Balaban J connectivity index is 1.95. The van der Waals surface area contributed by atoms with Crippen LogP contribution in [0.1, 0.15) is 31.0 Å². The van der Waals surface area contributed by atoms with Crippen LogP contribution in [0, 0.1) is 16.0 Å². The van der Waals surface area contributed by atoms with E-state index in [-0.39, 0.29) is 4.92 Å². The van der Waals surface area contributed by atoms with Gasteiger partial charge in [-0.25, -0.2) is 0 Å². The van der Waals surface area contributed by atoms with Gasteiger partial charge in [-0.3, -0.25) is 20.2 Å². The summed E-state index contributed by atoms with van der Waals surface area (Å²) in [5.74, 6) is -1.25. The van der Waals surface area contributed by atoms with Crippen molar-refractivity contribution in [3.05, 3.63) is 81.9 Å². The maximum atomic E-state index is 12.5. The van der Waals surface area contributed by atoms with Gasteiger partial charge in [-0.05, 0) is 18.1 Å². The van der Waals surface area contributed by atoms with Crippen LogP contribution in [0.5, 0.6) is 0 Å². The fraction of sp³-hybridized carbons (Fsp3) is 0.409. The van der Waals surface area contributed by atoms with Crippen LogP contribution >= 0.6 is 0 Å². The molecular weight excluding hydrogens is 372 g/mol. The highest BCUT2D eigenvalue weighted by Crippen LogP contribution is 2.45. The molecule has 7 heteroatoms. The van der Waals surface area contributed by atoms with Crippen molar-refractivity contribution in [3.63, 3.8) is 0 Å². The first-order valence-electron chi connectivity index (χ1n) is 9.58. The van der Waals surface area contributed by atoms with Crippen LogP contribution in [-0.2, 0) is 20.9 Å². The molecule has 3 rings (SSSR count). The summed E-state index contributed by atoms with van der Waals surface area (Å²) in [5.41, 5.74) is 0.247. The van der Waals surface area contributed by atoms with Crippen molar-refractivity contribution in [2.24, 2.45) is 5.92 Å². The predicted molar refractivity (Wildman–Crippen MR) is 108 cm³/mol. The number of rotatable bonds is 7. The van der Waals surface area contributed by atoms with Gasteiger partial charge in [0.1, 0.15) is 12.1 Å². The van der Waals surface area contributed by atoms with Crippen molar-refractivity contribution in [2.45, 2.75) is 44.2 Å². The number of carbonyl (C=O) groups is 1. The highest BCUT2D eigenvalue weighted by molar-refractivity contribution is 5.77. The van der Waals surface area contributed by atoms with Crippen LogP contribution in [0.3, 0.4) is 0 Å². The summed E-state index contributed by atoms with van der Waals surface area (Å²) < 4.78 is 11.0. The van der Waals surface area contributed by atoms with E-state index in [2.05, 4.69) is 5.32 Å². The zero-order valence-corrected chi connectivity index (χ0v) is 16.8. The summed E-state index contributed by atoms with van der Waals surface area (Å²) in [7, 11) is 1.29. The SMILES string of the molecule is COC(=O)[C@H]1N[C@H](c2ccccc2)[C@@](C)([N+](=O)[O-])[C@@H]1[C@H](C)OCc1ccccc1. The number of nitrogens with zero attached hydrogens (tertiary/aromatic N) is 1. The summed E-state index contributed by atoms with van der Waals surface area (Å²) in [4.78, 5) is 24.5. The fourth-order valence-corrected chi connectivity index (χ4v) is 4.28. The van der Waals surface area contributed by atoms with Gasteiger partial charge in [0.25, 0.3) is 0 Å². The third kappa shape index (κ3) is 4.02. The van der Waals surface area contributed by atoms with E-state index in [1.165, 1.54) is 7.11 Å². The Morgan fingerprint density at radius 3 is 2.31 bits per heavy atom. The molecule has 1 N–H and O–H groups in total. The van der Waals surface area contributed by atoms with Crippen LogP contribution in [0.4, 0.5) is 0 Å². The smallest absolute Gasteiger partial charge is 0.323 e. The summed E-state index contributed by atoms with van der Waals surface area (Å²) in [6.07, 6.45) is -0.559. The van der Waals surface area contributed by atoms with E-state index in [1.807, 2.05) is 60.7 Å². The fourth-order valence-electron chi connectivity index (χ4n) is 4.28. The first-order valence-corrected chi connectivity index (χ1v) is 9.58. The Hall–Kier alpha value is -2.77. The molecule has 1 saturated heterocycles. The lowest BCUT2D eigenvalue weighted by atomic mass is 9.76. The lowest BCUT2D eigenvalue weighted by molar-refractivity contribution is -0.579. The van der Waals surface area contributed by atoms with E-state index in [9.17, 15) is 14.9 Å². The van der Waals surface area contributed by atoms with Crippen LogP contribution in [0.25, 0.3) is 0 Å². The number of nitro groups is 1. The molecule has 154 valence electrons. The van der Waals surface area contributed by atoms with Crippen molar-refractivity contribution < 1.29 is 19.2 Å². The molecular formula is C22H26N2O5. The zero-order valence-electron chi connectivity index (χ0n) is 16.8. The number of hydrogen-bond donors (Lipinski definition) is 1. The summed E-state index contributed by atoms with van der Waals surface area (Å²) >= 11 is 0. The normalized spacial score (nSPS) is 27.3. The minimum absolute atomic E-state index is 0.298. The average Bonchev–Trinajstić information content (AvgIpc) is 3.07. The van der Waals surface area contributed by atoms with Gasteiger partial charge in [-0.15, -0.1) is 0 Å². The summed E-state index contributed by atoms with van der Waals surface area (Å²) in [6, 6.07) is 17.2. The van der Waals surface area contributed by atoms with Crippen LogP contribution < -0.4 is 5.32 Å². The Bertz CT molecular complexity index is 845. The number of nitrogens with one attached hydrogen (secondary N) is 1. The van der Waals surface area contributed by atoms with Crippen molar-refractivity contribution >= 4 is 5.97 Å². The monoisotopic (exact) mass is 398 g/mol. The van der Waals surface area contributed by atoms with E-state index < -0.39 is 35.6 Å². The van der Waals surface area contributed by atoms with Gasteiger partial charge in [-0.2, -0.15) is 0 Å². The Kier molecular flexibility index (Phi) is 6.30. The molecule has 1 heterocycles. The molecule has 2 aromatic carbocycles. The van der Waals surface area contributed by atoms with E-state index in [0.29, 0.717) is 6.61 Å². The Morgan fingerprint density at radius 1 is 1.17 bits per heavy atom. The van der Waals surface area contributed by atoms with Gasteiger partial charge in [-0.1, -0.05) is 60.7 Å². The molecule has 0 amide bonds. The predicted octanol–water partition coefficient (Wildman–Crippen LogP) is 3.13. The molecule has 0 aliphatic carbocycles. The molecule has 1 fully saturated rings. The lowest BCUT2D eigenvalue weighted by Crippen LogP contribution is -2.51. The molecule has 0 radical (unpaired) electrons. The maximum absolute atomic E-state index is 12.5. The van der Waals surface area contributed by atoms with E-state index >= 15 is 0 Å². The quantitative estimate of drug-likeness (QED) is 0.438. The average molecular weight is 398 g/mol. The number of methoxy groups -OCH3 is 1. The molecule has 1 aliphatic rings. The molecule has 1 aliphatic heterocycles. The van der Waals surface area contributed by atoms with Crippen LogP contribution in [0.15, 0.2) is 60.7 Å². The Morgan fingerprint density at radius 2 is 1.76 bits per heavy atom. The van der Waals surface area contributed by atoms with Crippen molar-refractivity contribution in [2.75, 3.05) is 7.11 Å². The van der Waals surface area contributed by atoms with Gasteiger partial charge < -0.3 is 9.47 Å². The number of esters is 1. The minimum atomic E-state index is -1.46. The van der Waals surface area contributed by atoms with Gasteiger partial charge in [0.05, 0.1) is 25.7 Å². The number of benzene rings is 2. The van der Waals surface area contributed by atoms with Crippen molar-refractivity contribution in [3.8, 4) is 0 Å². The van der Waals surface area contributed by atoms with Gasteiger partial charge in [0, 0.05) is 11.8 Å². The second kappa shape index (κ2) is 8.71. The minimum Gasteiger partial charge on any atom is -0.468 e. The third-order valence-electron chi connectivity index (χ3n) is 5.81. The molecule has 0 saturated carbocycles. The molecule has 0 bridgehead atoms. The second-order valence-corrected chi connectivity index (χ2v) is 7.52. The first-order chi connectivity index (χ1) is 13.9. The topological polar surface area (TPSA) is 90.7 Å². The lowest BCUT2D eigenvalue weighted by Gasteiger charge is -2.32. The molecule has 2 aromatic rings. The van der Waals surface area contributed by atoms with Crippen molar-refractivity contribution in [1.29, 1.82) is 0 Å². The molecule has 0 unspecified atom stereocenters. The molecule has 0 aromatic heterocycles.